The molecule has 1 aliphatic rings. The second-order valence-electron chi connectivity index (χ2n) is 10.2. The molecule has 37 heavy (non-hydrogen) atoms. The molecule has 2 heterocycles. The smallest absolute Gasteiger partial charge is 0.264 e. The average molecular weight is 539 g/mol. The maximum Gasteiger partial charge on any atom is 0.264 e. The van der Waals surface area contributed by atoms with Crippen LogP contribution in [0.2, 0.25) is 0 Å². The molecule has 0 radical (unpaired) electrons. The lowest BCUT2D eigenvalue weighted by Crippen LogP contribution is -2.43. The highest BCUT2D eigenvalue weighted by molar-refractivity contribution is 7.85. The molecule has 212 valence electrons. The number of aromatic nitrogens is 1. The number of carbonyl (C=O) groups is 1. The molecule has 8 nitrogen and oxygen atoms in total. The zero-order valence-electron chi connectivity index (χ0n) is 23.0. The van der Waals surface area contributed by atoms with E-state index in [0.29, 0.717) is 12.2 Å². The minimum Gasteiger partial charge on any atom is -0.354 e. The molecule has 1 saturated heterocycles. The summed E-state index contributed by atoms with van der Waals surface area (Å²) >= 11 is 0. The van der Waals surface area contributed by atoms with Crippen LogP contribution in [0.3, 0.4) is 0 Å². The van der Waals surface area contributed by atoms with Crippen LogP contribution in [0.1, 0.15) is 107 Å². The molecule has 0 saturated carbocycles. The van der Waals surface area contributed by atoms with Gasteiger partial charge in [-0.3, -0.25) is 8.98 Å². The second kappa shape index (κ2) is 19.4. The largest absolute Gasteiger partial charge is 0.354 e. The van der Waals surface area contributed by atoms with Gasteiger partial charge in [-0.05, 0) is 25.0 Å². The van der Waals surface area contributed by atoms with Gasteiger partial charge in [-0.1, -0.05) is 83.5 Å². The number of pyridine rings is 1. The summed E-state index contributed by atoms with van der Waals surface area (Å²) in [6.45, 7) is 4.90. The van der Waals surface area contributed by atoms with E-state index in [1.807, 2.05) is 12.1 Å². The van der Waals surface area contributed by atoms with Crippen molar-refractivity contribution >= 4 is 21.8 Å². The number of hydrogen-bond donors (Lipinski definition) is 2. The highest BCUT2D eigenvalue weighted by atomic mass is 32.2. The Labute approximate surface area is 225 Å². The van der Waals surface area contributed by atoms with E-state index < -0.39 is 10.1 Å². The van der Waals surface area contributed by atoms with Crippen molar-refractivity contribution in [1.82, 2.24) is 15.6 Å². The molecule has 1 amide bonds. The van der Waals surface area contributed by atoms with E-state index in [-0.39, 0.29) is 5.91 Å². The van der Waals surface area contributed by atoms with Gasteiger partial charge in [-0.15, -0.1) is 0 Å². The van der Waals surface area contributed by atoms with Gasteiger partial charge in [0, 0.05) is 38.9 Å². The molecule has 1 aromatic rings. The zero-order valence-corrected chi connectivity index (χ0v) is 23.8. The van der Waals surface area contributed by atoms with Crippen molar-refractivity contribution in [2.45, 2.75) is 96.3 Å². The fourth-order valence-corrected chi connectivity index (χ4v) is 5.06. The third-order valence-electron chi connectivity index (χ3n) is 6.86. The van der Waals surface area contributed by atoms with Crippen LogP contribution in [-0.2, 0) is 14.3 Å². The quantitative estimate of drug-likeness (QED) is 0.167. The topological polar surface area (TPSA) is 101 Å². The van der Waals surface area contributed by atoms with E-state index in [2.05, 4.69) is 20.5 Å². The number of hydrogen-bond acceptors (Lipinski definition) is 7. The summed E-state index contributed by atoms with van der Waals surface area (Å²) in [4.78, 5) is 19.1. The number of piperazine rings is 1. The minimum absolute atomic E-state index is 0.0291. The first-order valence-electron chi connectivity index (χ1n) is 14.5. The van der Waals surface area contributed by atoms with Crippen molar-refractivity contribution in [2.24, 2.45) is 0 Å². The summed E-state index contributed by atoms with van der Waals surface area (Å²) in [5, 5.41) is 6.36. The fourth-order valence-electron chi connectivity index (χ4n) is 4.64. The summed E-state index contributed by atoms with van der Waals surface area (Å²) in [7, 11) is -3.28. The lowest BCUT2D eigenvalue weighted by Gasteiger charge is -2.28. The van der Waals surface area contributed by atoms with E-state index >= 15 is 0 Å². The van der Waals surface area contributed by atoms with Gasteiger partial charge in [0.15, 0.2) is 0 Å². The molecular weight excluding hydrogens is 488 g/mol. The Hall–Kier alpha value is -1.71. The Kier molecular flexibility index (Phi) is 16.5. The summed E-state index contributed by atoms with van der Waals surface area (Å²) < 4.78 is 26.5. The van der Waals surface area contributed by atoms with Crippen molar-refractivity contribution in [2.75, 3.05) is 50.5 Å². The SMILES string of the molecule is CS(=O)(=O)OCCCCCCCCCCCCCCCCCNC(=O)c1ccc(N2CCNCC2)nc1. The van der Waals surface area contributed by atoms with E-state index in [4.69, 9.17) is 4.18 Å². The third kappa shape index (κ3) is 16.0. The van der Waals surface area contributed by atoms with Gasteiger partial charge >= 0.3 is 0 Å². The first-order valence-corrected chi connectivity index (χ1v) is 16.3. The molecule has 0 bridgehead atoms. The summed E-state index contributed by atoms with van der Waals surface area (Å²) in [5.74, 6) is 0.917. The maximum atomic E-state index is 12.3. The van der Waals surface area contributed by atoms with Gasteiger partial charge in [0.2, 0.25) is 0 Å². The first-order chi connectivity index (χ1) is 18.0. The van der Waals surface area contributed by atoms with Crippen LogP contribution >= 0.6 is 0 Å². The van der Waals surface area contributed by atoms with Crippen molar-refractivity contribution in [3.8, 4) is 0 Å². The molecule has 1 aromatic heterocycles. The lowest BCUT2D eigenvalue weighted by atomic mass is 10.0. The molecule has 2 N–H and O–H groups in total. The monoisotopic (exact) mass is 538 g/mol. The minimum atomic E-state index is -3.28. The maximum absolute atomic E-state index is 12.3. The van der Waals surface area contributed by atoms with E-state index in [1.54, 1.807) is 6.20 Å². The van der Waals surface area contributed by atoms with Crippen LogP contribution in [0.15, 0.2) is 18.3 Å². The lowest BCUT2D eigenvalue weighted by molar-refractivity contribution is 0.0952. The van der Waals surface area contributed by atoms with Crippen LogP contribution in [-0.4, -0.2) is 64.9 Å². The Bertz CT molecular complexity index is 827. The van der Waals surface area contributed by atoms with Gasteiger partial charge < -0.3 is 15.5 Å². The molecule has 1 aliphatic heterocycles. The third-order valence-corrected chi connectivity index (χ3v) is 7.45. The van der Waals surface area contributed by atoms with Crippen LogP contribution in [0.5, 0.6) is 0 Å². The summed E-state index contributed by atoms with van der Waals surface area (Å²) in [6, 6.07) is 3.83. The number of carbonyl (C=O) groups excluding carboxylic acids is 1. The molecule has 2 rings (SSSR count). The number of unbranched alkanes of at least 4 members (excludes halogenated alkanes) is 14. The van der Waals surface area contributed by atoms with Gasteiger partial charge in [0.25, 0.3) is 16.0 Å². The average Bonchev–Trinajstić information content (AvgIpc) is 2.90. The summed E-state index contributed by atoms with van der Waals surface area (Å²) in [6.07, 6.45) is 21.0. The normalized spacial score (nSPS) is 14.1. The summed E-state index contributed by atoms with van der Waals surface area (Å²) in [5.41, 5.74) is 0.635. The van der Waals surface area contributed by atoms with Gasteiger partial charge in [0.05, 0.1) is 18.4 Å². The number of amides is 1. The van der Waals surface area contributed by atoms with Gasteiger partial charge in [-0.2, -0.15) is 8.42 Å². The van der Waals surface area contributed by atoms with Crippen LogP contribution < -0.4 is 15.5 Å². The van der Waals surface area contributed by atoms with Gasteiger partial charge in [-0.25, -0.2) is 4.98 Å². The molecule has 9 heteroatoms. The zero-order chi connectivity index (χ0) is 26.6. The number of nitrogens with zero attached hydrogens (tertiary/aromatic N) is 2. The standard InChI is InChI=1S/C28H50N4O4S/c1-37(34,35)36-24-16-14-12-10-8-6-4-2-3-5-7-9-11-13-15-19-30-28(33)26-17-18-27(31-25-26)32-22-20-29-21-23-32/h17-18,25,29H,2-16,19-24H2,1H3,(H,30,33). The van der Waals surface area contributed by atoms with Crippen LogP contribution in [0.4, 0.5) is 5.82 Å². The predicted molar refractivity (Wildman–Crippen MR) is 152 cm³/mol. The van der Waals surface area contributed by atoms with Crippen molar-refractivity contribution in [3.63, 3.8) is 0 Å². The fraction of sp³-hybridized carbons (Fsp3) is 0.786. The molecular formula is C28H50N4O4S. The highest BCUT2D eigenvalue weighted by Gasteiger charge is 2.12. The molecule has 0 aromatic carbocycles. The van der Waals surface area contributed by atoms with E-state index in [1.165, 1.54) is 70.6 Å². The van der Waals surface area contributed by atoms with Crippen molar-refractivity contribution < 1.29 is 17.4 Å². The number of rotatable bonds is 21. The Morgan fingerprint density at radius 2 is 1.38 bits per heavy atom. The van der Waals surface area contributed by atoms with Crippen molar-refractivity contribution in [1.29, 1.82) is 0 Å². The first kappa shape index (κ1) is 31.5. The van der Waals surface area contributed by atoms with Crippen molar-refractivity contribution in [3.05, 3.63) is 23.9 Å². The van der Waals surface area contributed by atoms with E-state index in [0.717, 1.165) is 70.5 Å². The molecule has 0 aliphatic carbocycles. The van der Waals surface area contributed by atoms with Crippen LogP contribution in [0.25, 0.3) is 0 Å². The second-order valence-corrected chi connectivity index (χ2v) is 11.9. The highest BCUT2D eigenvalue weighted by Crippen LogP contribution is 2.14. The Morgan fingerprint density at radius 1 is 0.865 bits per heavy atom. The predicted octanol–water partition coefficient (Wildman–Crippen LogP) is 5.05. The molecule has 1 fully saturated rings. The Balaban J connectivity index is 1.32. The number of anilines is 1. The van der Waals surface area contributed by atoms with E-state index in [9.17, 15) is 13.2 Å². The molecule has 0 unspecified atom stereocenters. The number of nitrogens with one attached hydrogen (secondary N) is 2. The molecule has 0 spiro atoms. The molecule has 0 atom stereocenters. The van der Waals surface area contributed by atoms with Crippen LogP contribution in [0, 0.1) is 0 Å². The Morgan fingerprint density at radius 3 is 1.86 bits per heavy atom. The van der Waals surface area contributed by atoms with Gasteiger partial charge in [0.1, 0.15) is 5.82 Å².